The molecular formula is C12H15Cl2NO2S. The van der Waals surface area contributed by atoms with Crippen molar-refractivity contribution in [1.29, 1.82) is 0 Å². The Balaban J connectivity index is 2.29. The van der Waals surface area contributed by atoms with Crippen molar-refractivity contribution in [2.45, 2.75) is 17.7 Å². The quantitative estimate of drug-likeness (QED) is 0.805. The number of nitrogens with zero attached hydrogens (tertiary/aromatic N) is 1. The highest BCUT2D eigenvalue weighted by molar-refractivity contribution is 7.89. The average molecular weight is 308 g/mol. The van der Waals surface area contributed by atoms with E-state index in [1.165, 1.54) is 4.31 Å². The summed E-state index contributed by atoms with van der Waals surface area (Å²) in [6, 6.07) is 6.54. The molecule has 3 nitrogen and oxygen atoms in total. The number of hydrogen-bond donors (Lipinski definition) is 0. The Kier molecular flexibility index (Phi) is 4.54. The zero-order valence-electron chi connectivity index (χ0n) is 9.85. The van der Waals surface area contributed by atoms with Gasteiger partial charge < -0.3 is 0 Å². The standard InChI is InChI=1S/C12H15Cl2NO2S/c13-8-10-4-3-7-15(9-10)18(16,17)12-6-2-1-5-11(12)14/h1-2,5-6,10H,3-4,7-9H2. The van der Waals surface area contributed by atoms with E-state index in [-0.39, 0.29) is 15.8 Å². The summed E-state index contributed by atoms with van der Waals surface area (Å²) in [5, 5.41) is 0.269. The van der Waals surface area contributed by atoms with Gasteiger partial charge in [0.05, 0.1) is 5.02 Å². The summed E-state index contributed by atoms with van der Waals surface area (Å²) in [4.78, 5) is 0.182. The van der Waals surface area contributed by atoms with Gasteiger partial charge in [0.25, 0.3) is 0 Å². The number of hydrogen-bond acceptors (Lipinski definition) is 2. The number of benzene rings is 1. The van der Waals surface area contributed by atoms with Crippen LogP contribution in [0.3, 0.4) is 0 Å². The summed E-state index contributed by atoms with van der Waals surface area (Å²) in [6.07, 6.45) is 1.83. The van der Waals surface area contributed by atoms with Gasteiger partial charge in [0, 0.05) is 19.0 Å². The van der Waals surface area contributed by atoms with Gasteiger partial charge in [-0.1, -0.05) is 23.7 Å². The number of sulfonamides is 1. The van der Waals surface area contributed by atoms with Crippen LogP contribution in [0.4, 0.5) is 0 Å². The third kappa shape index (κ3) is 2.82. The van der Waals surface area contributed by atoms with Crippen LogP contribution in [0.2, 0.25) is 5.02 Å². The normalized spacial score (nSPS) is 22.0. The van der Waals surface area contributed by atoms with Crippen molar-refractivity contribution in [2.75, 3.05) is 19.0 Å². The lowest BCUT2D eigenvalue weighted by Crippen LogP contribution is -2.40. The Morgan fingerprint density at radius 2 is 2.06 bits per heavy atom. The minimum absolute atomic E-state index is 0.182. The number of piperidine rings is 1. The second-order valence-electron chi connectivity index (χ2n) is 4.46. The first kappa shape index (κ1) is 14.1. The van der Waals surface area contributed by atoms with Crippen LogP contribution in [0, 0.1) is 5.92 Å². The van der Waals surface area contributed by atoms with Crippen LogP contribution in [0.15, 0.2) is 29.2 Å². The van der Waals surface area contributed by atoms with Crippen molar-refractivity contribution < 1.29 is 8.42 Å². The van der Waals surface area contributed by atoms with Gasteiger partial charge >= 0.3 is 0 Å². The third-order valence-corrected chi connectivity index (χ3v) is 5.96. The predicted molar refractivity (Wildman–Crippen MR) is 73.7 cm³/mol. The number of alkyl halides is 1. The Bertz CT molecular complexity index is 519. The molecule has 1 saturated heterocycles. The maximum absolute atomic E-state index is 12.5. The third-order valence-electron chi connectivity index (χ3n) is 3.15. The molecule has 1 aliphatic rings. The molecule has 0 spiro atoms. The van der Waals surface area contributed by atoms with E-state index < -0.39 is 10.0 Å². The molecule has 0 aromatic heterocycles. The zero-order chi connectivity index (χ0) is 13.2. The minimum atomic E-state index is -3.49. The highest BCUT2D eigenvalue weighted by atomic mass is 35.5. The molecule has 2 rings (SSSR count). The first-order valence-electron chi connectivity index (χ1n) is 5.86. The summed E-state index contributed by atoms with van der Waals surface area (Å²) < 4.78 is 26.4. The lowest BCUT2D eigenvalue weighted by atomic mass is 10.0. The largest absolute Gasteiger partial charge is 0.244 e. The highest BCUT2D eigenvalue weighted by Gasteiger charge is 2.30. The molecule has 18 heavy (non-hydrogen) atoms. The fourth-order valence-corrected chi connectivity index (χ4v) is 4.46. The molecule has 0 saturated carbocycles. The van der Waals surface area contributed by atoms with E-state index >= 15 is 0 Å². The second-order valence-corrected chi connectivity index (χ2v) is 7.08. The molecule has 100 valence electrons. The topological polar surface area (TPSA) is 37.4 Å². The lowest BCUT2D eigenvalue weighted by molar-refractivity contribution is 0.283. The summed E-state index contributed by atoms with van der Waals surface area (Å²) in [5.41, 5.74) is 0. The first-order chi connectivity index (χ1) is 8.55. The first-order valence-corrected chi connectivity index (χ1v) is 8.21. The van der Waals surface area contributed by atoms with Gasteiger partial charge in [-0.3, -0.25) is 0 Å². The summed E-state index contributed by atoms with van der Waals surface area (Å²) in [5.74, 6) is 0.729. The van der Waals surface area contributed by atoms with Crippen molar-refractivity contribution >= 4 is 33.2 Å². The Hall–Kier alpha value is -0.290. The van der Waals surface area contributed by atoms with Gasteiger partial charge in [-0.25, -0.2) is 8.42 Å². The van der Waals surface area contributed by atoms with Crippen LogP contribution in [-0.2, 0) is 10.0 Å². The molecule has 1 fully saturated rings. The van der Waals surface area contributed by atoms with Gasteiger partial charge in [0.2, 0.25) is 10.0 Å². The monoisotopic (exact) mass is 307 g/mol. The highest BCUT2D eigenvalue weighted by Crippen LogP contribution is 2.28. The summed E-state index contributed by atoms with van der Waals surface area (Å²) >= 11 is 11.8. The van der Waals surface area contributed by atoms with Gasteiger partial charge in [-0.05, 0) is 30.9 Å². The SMILES string of the molecule is O=S(=O)(c1ccccc1Cl)N1CCCC(CCl)C1. The van der Waals surface area contributed by atoms with Crippen molar-refractivity contribution in [3.05, 3.63) is 29.3 Å². The lowest BCUT2D eigenvalue weighted by Gasteiger charge is -2.31. The molecule has 1 unspecified atom stereocenters. The molecule has 0 N–H and O–H groups in total. The molecule has 0 bridgehead atoms. The molecule has 0 aliphatic carbocycles. The zero-order valence-corrected chi connectivity index (χ0v) is 12.2. The van der Waals surface area contributed by atoms with Gasteiger partial charge in [0.15, 0.2) is 0 Å². The Morgan fingerprint density at radius 3 is 2.72 bits per heavy atom. The maximum Gasteiger partial charge on any atom is 0.244 e. The molecule has 1 atom stereocenters. The van der Waals surface area contributed by atoms with Crippen molar-refractivity contribution in [2.24, 2.45) is 5.92 Å². The van der Waals surface area contributed by atoms with E-state index in [4.69, 9.17) is 23.2 Å². The fourth-order valence-electron chi connectivity index (χ4n) is 2.16. The van der Waals surface area contributed by atoms with Crippen LogP contribution in [0.25, 0.3) is 0 Å². The number of halogens is 2. The van der Waals surface area contributed by atoms with Gasteiger partial charge in [0.1, 0.15) is 4.90 Å². The Labute approximate surface area is 118 Å². The van der Waals surface area contributed by atoms with Crippen LogP contribution < -0.4 is 0 Å². The molecule has 1 aromatic rings. The minimum Gasteiger partial charge on any atom is -0.207 e. The van der Waals surface area contributed by atoms with Crippen LogP contribution in [0.1, 0.15) is 12.8 Å². The molecule has 1 aliphatic heterocycles. The molecular weight excluding hydrogens is 293 g/mol. The predicted octanol–water partition coefficient (Wildman–Crippen LogP) is 2.98. The summed E-state index contributed by atoms with van der Waals surface area (Å²) in [7, 11) is -3.49. The molecule has 0 amide bonds. The van der Waals surface area contributed by atoms with E-state index in [9.17, 15) is 8.42 Å². The van der Waals surface area contributed by atoms with Crippen molar-refractivity contribution in [3.63, 3.8) is 0 Å². The van der Waals surface area contributed by atoms with E-state index in [1.807, 2.05) is 0 Å². The van der Waals surface area contributed by atoms with Crippen LogP contribution in [0.5, 0.6) is 0 Å². The van der Waals surface area contributed by atoms with E-state index in [2.05, 4.69) is 0 Å². The second kappa shape index (κ2) is 5.78. The average Bonchev–Trinajstić information content (AvgIpc) is 2.39. The van der Waals surface area contributed by atoms with Gasteiger partial charge in [-0.15, -0.1) is 11.6 Å². The van der Waals surface area contributed by atoms with E-state index in [0.29, 0.717) is 19.0 Å². The maximum atomic E-state index is 12.5. The van der Waals surface area contributed by atoms with Crippen LogP contribution in [-0.4, -0.2) is 31.7 Å². The number of rotatable bonds is 3. The van der Waals surface area contributed by atoms with E-state index in [1.54, 1.807) is 24.3 Å². The fraction of sp³-hybridized carbons (Fsp3) is 0.500. The Morgan fingerprint density at radius 1 is 1.33 bits per heavy atom. The molecule has 6 heteroatoms. The van der Waals surface area contributed by atoms with Gasteiger partial charge in [-0.2, -0.15) is 4.31 Å². The molecule has 1 heterocycles. The van der Waals surface area contributed by atoms with E-state index in [0.717, 1.165) is 12.8 Å². The van der Waals surface area contributed by atoms with Crippen molar-refractivity contribution in [1.82, 2.24) is 4.31 Å². The van der Waals surface area contributed by atoms with Crippen LogP contribution >= 0.6 is 23.2 Å². The van der Waals surface area contributed by atoms with Crippen molar-refractivity contribution in [3.8, 4) is 0 Å². The summed E-state index contributed by atoms with van der Waals surface area (Å²) in [6.45, 7) is 1.03. The molecule has 0 radical (unpaired) electrons. The molecule has 1 aromatic carbocycles. The smallest absolute Gasteiger partial charge is 0.207 e.